The topological polar surface area (TPSA) is 78.9 Å². The van der Waals surface area contributed by atoms with Crippen molar-refractivity contribution in [2.45, 2.75) is 143 Å². The maximum Gasteiger partial charge on any atom is 0.376 e. The van der Waals surface area contributed by atoms with Gasteiger partial charge in [-0.25, -0.2) is 9.59 Å². The Hall–Kier alpha value is -2.37. The summed E-state index contributed by atoms with van der Waals surface area (Å²) in [6, 6.07) is 0. The average molecular weight is 531 g/mol. The smallest absolute Gasteiger partial charge is 0.376 e. The molecule has 0 aromatic heterocycles. The van der Waals surface area contributed by atoms with Crippen LogP contribution in [0.25, 0.3) is 0 Å². The Labute approximate surface area is 230 Å². The molecule has 0 fully saturated rings. The molecule has 0 N–H and O–H groups in total. The summed E-state index contributed by atoms with van der Waals surface area (Å²) in [6.07, 6.45) is 19.3. The zero-order chi connectivity index (χ0) is 28.0. The van der Waals surface area contributed by atoms with Crippen LogP contribution in [0.15, 0.2) is 0 Å². The molecule has 0 saturated carbocycles. The lowest BCUT2D eigenvalue weighted by molar-refractivity contribution is -0.162. The number of hydrogen-bond acceptors (Lipinski definition) is 6. The van der Waals surface area contributed by atoms with Crippen LogP contribution in [0.3, 0.4) is 0 Å². The first-order chi connectivity index (χ1) is 18.2. The third-order valence-corrected chi connectivity index (χ3v) is 7.95. The van der Waals surface area contributed by atoms with Gasteiger partial charge in [-0.15, -0.1) is 0 Å². The number of aldehydes is 1. The van der Waals surface area contributed by atoms with E-state index >= 15 is 0 Å². The molecular weight excluding hydrogens is 480 g/mol. The largest absolute Gasteiger partial charge is 0.475 e. The van der Waals surface area contributed by atoms with Gasteiger partial charge in [-0.3, -0.25) is 4.79 Å². The molecule has 0 amide bonds. The summed E-state index contributed by atoms with van der Waals surface area (Å²) in [7, 11) is 0. The molecule has 1 atom stereocenters. The number of ether oxygens (including phenoxy) is 3. The van der Waals surface area contributed by atoms with E-state index < -0.39 is 11.6 Å². The van der Waals surface area contributed by atoms with Gasteiger partial charge < -0.3 is 14.2 Å². The molecule has 0 aliphatic carbocycles. The fourth-order valence-corrected chi connectivity index (χ4v) is 5.27. The maximum atomic E-state index is 12.9. The Morgan fingerprint density at radius 2 is 1.34 bits per heavy atom. The molecular formula is C32H50O6. The highest BCUT2D eigenvalue weighted by atomic mass is 16.6. The van der Waals surface area contributed by atoms with E-state index in [0.717, 1.165) is 35.1 Å². The lowest BCUT2D eigenvalue weighted by atomic mass is 9.87. The van der Waals surface area contributed by atoms with Crippen LogP contribution < -0.4 is 9.47 Å². The average Bonchev–Trinajstić information content (AvgIpc) is 2.91. The molecule has 6 nitrogen and oxygen atoms in total. The molecule has 0 saturated heterocycles. The molecule has 38 heavy (non-hydrogen) atoms. The van der Waals surface area contributed by atoms with E-state index in [1.807, 2.05) is 20.8 Å². The van der Waals surface area contributed by atoms with Crippen LogP contribution in [0.2, 0.25) is 0 Å². The Morgan fingerprint density at radius 1 is 0.816 bits per heavy atom. The number of fused-ring (bicyclic) bond motifs is 1. The van der Waals surface area contributed by atoms with Crippen LogP contribution >= 0.6 is 0 Å². The zero-order valence-electron chi connectivity index (χ0n) is 24.5. The summed E-state index contributed by atoms with van der Waals surface area (Å²) in [5.41, 5.74) is 2.13. The van der Waals surface area contributed by atoms with Crippen molar-refractivity contribution in [1.82, 2.24) is 0 Å². The molecule has 1 aromatic carbocycles. The van der Waals surface area contributed by atoms with Crippen LogP contribution in [-0.4, -0.2) is 30.4 Å². The van der Waals surface area contributed by atoms with E-state index in [2.05, 4.69) is 6.92 Å². The van der Waals surface area contributed by atoms with Crippen molar-refractivity contribution in [3.05, 3.63) is 22.3 Å². The van der Waals surface area contributed by atoms with E-state index in [9.17, 15) is 14.4 Å². The predicted octanol–water partition coefficient (Wildman–Crippen LogP) is 7.82. The maximum absolute atomic E-state index is 12.9. The Bertz CT molecular complexity index is 921. The van der Waals surface area contributed by atoms with Crippen LogP contribution in [0.1, 0.15) is 132 Å². The highest BCUT2D eigenvalue weighted by molar-refractivity contribution is 6.21. The summed E-state index contributed by atoms with van der Waals surface area (Å²) in [5, 5.41) is 0. The van der Waals surface area contributed by atoms with E-state index in [0.29, 0.717) is 30.9 Å². The van der Waals surface area contributed by atoms with Gasteiger partial charge in [0.05, 0.1) is 6.61 Å². The van der Waals surface area contributed by atoms with Crippen molar-refractivity contribution in [2.75, 3.05) is 6.61 Å². The van der Waals surface area contributed by atoms with Crippen LogP contribution in [-0.2, 0) is 25.5 Å². The lowest BCUT2D eigenvalue weighted by Crippen LogP contribution is -2.46. The molecule has 2 rings (SSSR count). The number of carbonyl (C=O) groups is 3. The van der Waals surface area contributed by atoms with Crippen LogP contribution in [0.4, 0.5) is 0 Å². The molecule has 1 aliphatic heterocycles. The van der Waals surface area contributed by atoms with Gasteiger partial charge in [0, 0.05) is 12.0 Å². The van der Waals surface area contributed by atoms with Gasteiger partial charge in [0.25, 0.3) is 0 Å². The minimum atomic E-state index is -1.05. The minimum Gasteiger partial charge on any atom is -0.475 e. The van der Waals surface area contributed by atoms with Gasteiger partial charge in [0.1, 0.15) is 11.5 Å². The number of rotatable bonds is 18. The molecule has 1 aromatic rings. The van der Waals surface area contributed by atoms with Gasteiger partial charge in [0.15, 0.2) is 0 Å². The Morgan fingerprint density at radius 3 is 1.87 bits per heavy atom. The molecule has 0 bridgehead atoms. The summed E-state index contributed by atoms with van der Waals surface area (Å²) in [6.45, 7) is 10.0. The van der Waals surface area contributed by atoms with Crippen molar-refractivity contribution in [3.63, 3.8) is 0 Å². The van der Waals surface area contributed by atoms with Gasteiger partial charge in [-0.05, 0) is 57.2 Å². The van der Waals surface area contributed by atoms with E-state index in [4.69, 9.17) is 14.2 Å². The fourth-order valence-electron chi connectivity index (χ4n) is 5.27. The summed E-state index contributed by atoms with van der Waals surface area (Å²) < 4.78 is 17.1. The number of esters is 2. The lowest BCUT2D eigenvalue weighted by Gasteiger charge is -2.36. The molecule has 214 valence electrons. The van der Waals surface area contributed by atoms with Gasteiger partial charge in [0.2, 0.25) is 11.9 Å². The SMILES string of the molecule is CCCCCCCCCCCCCCCCOC(=O)C1(C)CCc2c(C)c(OC(=O)C=O)c(C)c(C)c2O1. The van der Waals surface area contributed by atoms with Crippen LogP contribution in [0, 0.1) is 20.8 Å². The normalized spacial score (nSPS) is 16.4. The van der Waals surface area contributed by atoms with Gasteiger partial charge >= 0.3 is 11.9 Å². The number of benzene rings is 1. The second-order valence-corrected chi connectivity index (χ2v) is 11.1. The van der Waals surface area contributed by atoms with E-state index in [1.165, 1.54) is 77.0 Å². The van der Waals surface area contributed by atoms with Crippen molar-refractivity contribution in [2.24, 2.45) is 0 Å². The Kier molecular flexibility index (Phi) is 13.9. The van der Waals surface area contributed by atoms with Gasteiger partial charge in [-0.2, -0.15) is 0 Å². The first-order valence-corrected chi connectivity index (χ1v) is 14.9. The zero-order valence-corrected chi connectivity index (χ0v) is 24.5. The first kappa shape index (κ1) is 31.8. The second kappa shape index (κ2) is 16.6. The molecule has 1 aliphatic rings. The first-order valence-electron chi connectivity index (χ1n) is 14.9. The van der Waals surface area contributed by atoms with Crippen molar-refractivity contribution >= 4 is 18.2 Å². The fraction of sp³-hybridized carbons (Fsp3) is 0.719. The quantitative estimate of drug-likeness (QED) is 0.0633. The van der Waals surface area contributed by atoms with E-state index in [1.54, 1.807) is 6.92 Å². The van der Waals surface area contributed by atoms with Gasteiger partial charge in [-0.1, -0.05) is 90.4 Å². The molecule has 1 heterocycles. The standard InChI is InChI=1S/C32H50O6/c1-6-7-8-9-10-11-12-13-14-15-16-17-18-19-22-36-31(35)32(5)21-20-27-26(4)29(37-28(34)23-33)24(2)25(3)30(27)38-32/h23H,6-22H2,1-5H3. The summed E-state index contributed by atoms with van der Waals surface area (Å²) >= 11 is 0. The Balaban J connectivity index is 1.68. The second-order valence-electron chi connectivity index (χ2n) is 11.1. The van der Waals surface area contributed by atoms with Crippen molar-refractivity contribution in [3.8, 4) is 11.5 Å². The highest BCUT2D eigenvalue weighted by Crippen LogP contribution is 2.44. The summed E-state index contributed by atoms with van der Waals surface area (Å²) in [4.78, 5) is 35.3. The number of carbonyl (C=O) groups excluding carboxylic acids is 3. The number of unbranched alkanes of at least 4 members (excludes halogenated alkanes) is 13. The molecule has 0 spiro atoms. The summed E-state index contributed by atoms with van der Waals surface area (Å²) in [5.74, 6) is -0.216. The minimum absolute atomic E-state index is 0.162. The third kappa shape index (κ3) is 9.43. The van der Waals surface area contributed by atoms with E-state index in [-0.39, 0.29) is 12.3 Å². The molecule has 6 heteroatoms. The predicted molar refractivity (Wildman–Crippen MR) is 151 cm³/mol. The molecule has 0 radical (unpaired) electrons. The molecule has 1 unspecified atom stereocenters. The number of hydrogen-bond donors (Lipinski definition) is 0. The monoisotopic (exact) mass is 530 g/mol. The van der Waals surface area contributed by atoms with Crippen molar-refractivity contribution in [1.29, 1.82) is 0 Å². The van der Waals surface area contributed by atoms with Crippen molar-refractivity contribution < 1.29 is 28.6 Å². The third-order valence-electron chi connectivity index (χ3n) is 7.95. The van der Waals surface area contributed by atoms with Crippen LogP contribution in [0.5, 0.6) is 11.5 Å². The highest BCUT2D eigenvalue weighted by Gasteiger charge is 2.42.